The van der Waals surface area contributed by atoms with Gasteiger partial charge in [-0.3, -0.25) is 0 Å². The van der Waals surface area contributed by atoms with Crippen molar-refractivity contribution in [3.05, 3.63) is 0 Å². The second-order valence-corrected chi connectivity index (χ2v) is 2.37. The molecule has 7 nitrogen and oxygen atoms in total. The molecule has 0 aromatic heterocycles. The van der Waals surface area contributed by atoms with Gasteiger partial charge in [0.2, 0.25) is 0 Å². The third kappa shape index (κ3) is 3.07. The van der Waals surface area contributed by atoms with E-state index >= 15 is 0 Å². The lowest BCUT2D eigenvalue weighted by Gasteiger charge is -2.24. The van der Waals surface area contributed by atoms with E-state index in [0.717, 1.165) is 0 Å². The third-order valence-electron chi connectivity index (χ3n) is 1.40. The second kappa shape index (κ2) is 4.87. The Morgan fingerprint density at radius 1 is 1.15 bits per heavy atom. The van der Waals surface area contributed by atoms with Gasteiger partial charge >= 0.3 is 0 Å². The van der Waals surface area contributed by atoms with Crippen LogP contribution in [0.25, 0.3) is 0 Å². The number of aliphatic hydroxyl groups is 4. The molecule has 0 saturated heterocycles. The predicted octanol–water partition coefficient (Wildman–Crippen LogP) is -4.62. The molecule has 0 rings (SSSR count). The molecule has 0 aliphatic carbocycles. The number of hydrogen-bond donors (Lipinski definition) is 4. The molecule has 4 atom stereocenters. The monoisotopic (exact) mass is 193 g/mol. The maximum absolute atomic E-state index is 9.95. The van der Waals surface area contributed by atoms with E-state index in [2.05, 4.69) is 0 Å². The lowest BCUT2D eigenvalue weighted by molar-refractivity contribution is -0.320. The number of aliphatic carboxylic acids is 1. The van der Waals surface area contributed by atoms with E-state index in [1.807, 2.05) is 0 Å². The fourth-order valence-electron chi connectivity index (χ4n) is 0.609. The van der Waals surface area contributed by atoms with Crippen molar-refractivity contribution < 1.29 is 35.1 Å². The summed E-state index contributed by atoms with van der Waals surface area (Å²) in [5, 5.41) is 44.8. The molecule has 0 fully saturated rings. The van der Waals surface area contributed by atoms with Crippen LogP contribution in [0.3, 0.4) is 0 Å². The van der Waals surface area contributed by atoms with Crippen molar-refractivity contribution in [3.63, 3.8) is 0 Å². The van der Waals surface area contributed by atoms with Crippen LogP contribution < -0.4 is 5.11 Å². The average Bonchev–Trinajstić information content (AvgIpc) is 2.12. The van der Waals surface area contributed by atoms with E-state index in [0.29, 0.717) is 0 Å². The zero-order valence-electron chi connectivity index (χ0n) is 6.40. The summed E-state index contributed by atoms with van der Waals surface area (Å²) in [7, 11) is 0. The summed E-state index contributed by atoms with van der Waals surface area (Å²) in [5.41, 5.74) is 0. The van der Waals surface area contributed by atoms with E-state index in [1.54, 1.807) is 0 Å². The molecule has 7 heteroatoms. The highest BCUT2D eigenvalue weighted by Crippen LogP contribution is 2.03. The lowest BCUT2D eigenvalue weighted by Crippen LogP contribution is -2.52. The lowest BCUT2D eigenvalue weighted by atomic mass is 10.0. The Bertz CT molecular complexity index is 191. The van der Waals surface area contributed by atoms with Crippen LogP contribution in [-0.2, 0) is 9.59 Å². The highest BCUT2D eigenvalue weighted by atomic mass is 16.4. The van der Waals surface area contributed by atoms with Crippen LogP contribution in [0.4, 0.5) is 0 Å². The zero-order valence-corrected chi connectivity index (χ0v) is 6.40. The standard InChI is InChI=1S/C6H10O7/c7-1-2(8)3(9)4(10)5(11)6(12)13/h1-5,8-11H,(H,12,13)/p-1/t2-,3+,4-,5+/m0/s1. The van der Waals surface area contributed by atoms with E-state index in [9.17, 15) is 14.7 Å². The quantitative estimate of drug-likeness (QED) is 0.322. The van der Waals surface area contributed by atoms with Gasteiger partial charge in [-0.2, -0.15) is 0 Å². The molecule has 0 unspecified atom stereocenters. The summed E-state index contributed by atoms with van der Waals surface area (Å²) in [6.07, 6.45) is -8.65. The zero-order chi connectivity index (χ0) is 10.6. The molecule has 13 heavy (non-hydrogen) atoms. The minimum absolute atomic E-state index is 0.101. The van der Waals surface area contributed by atoms with Crippen molar-refractivity contribution in [2.24, 2.45) is 0 Å². The van der Waals surface area contributed by atoms with Crippen LogP contribution in [0.1, 0.15) is 0 Å². The van der Waals surface area contributed by atoms with Gasteiger partial charge in [-0.25, -0.2) is 0 Å². The Labute approximate surface area is 72.9 Å². The van der Waals surface area contributed by atoms with Crippen LogP contribution in [0.15, 0.2) is 0 Å². The molecule has 0 spiro atoms. The topological polar surface area (TPSA) is 138 Å². The number of aldehydes is 1. The molecule has 0 aromatic rings. The molecular formula is C6H9O7-. The van der Waals surface area contributed by atoms with E-state index in [1.165, 1.54) is 0 Å². The van der Waals surface area contributed by atoms with Gasteiger partial charge in [-0.1, -0.05) is 0 Å². The van der Waals surface area contributed by atoms with E-state index < -0.39 is 30.4 Å². The predicted molar refractivity (Wildman–Crippen MR) is 35.1 cm³/mol. The highest BCUT2D eigenvalue weighted by Gasteiger charge is 2.30. The molecule has 4 N–H and O–H groups in total. The molecule has 0 amide bonds. The minimum Gasteiger partial charge on any atom is -0.547 e. The second-order valence-electron chi connectivity index (χ2n) is 2.37. The Kier molecular flexibility index (Phi) is 4.49. The highest BCUT2D eigenvalue weighted by molar-refractivity contribution is 5.70. The van der Waals surface area contributed by atoms with Crippen molar-refractivity contribution in [1.82, 2.24) is 0 Å². The number of carbonyl (C=O) groups excluding carboxylic acids is 2. The molecule has 0 aliphatic heterocycles. The molecule has 0 saturated carbocycles. The largest absolute Gasteiger partial charge is 0.547 e. The first-order valence-corrected chi connectivity index (χ1v) is 3.30. The summed E-state index contributed by atoms with van der Waals surface area (Å²) < 4.78 is 0. The minimum atomic E-state index is -2.36. The van der Waals surface area contributed by atoms with Crippen molar-refractivity contribution >= 4 is 12.3 Å². The van der Waals surface area contributed by atoms with Crippen LogP contribution in [0.2, 0.25) is 0 Å². The first-order valence-electron chi connectivity index (χ1n) is 3.30. The van der Waals surface area contributed by atoms with Gasteiger partial charge in [0, 0.05) is 0 Å². The smallest absolute Gasteiger partial charge is 0.151 e. The van der Waals surface area contributed by atoms with Gasteiger partial charge in [-0.15, -0.1) is 0 Å². The summed E-state index contributed by atoms with van der Waals surface area (Å²) in [6, 6.07) is 0. The Hall–Kier alpha value is -1.02. The Morgan fingerprint density at radius 3 is 1.92 bits per heavy atom. The molecule has 0 radical (unpaired) electrons. The van der Waals surface area contributed by atoms with Gasteiger partial charge < -0.3 is 35.1 Å². The summed E-state index contributed by atoms with van der Waals surface area (Å²) in [6.45, 7) is 0. The molecular weight excluding hydrogens is 184 g/mol. The maximum Gasteiger partial charge on any atom is 0.151 e. The molecule has 76 valence electrons. The van der Waals surface area contributed by atoms with Crippen molar-refractivity contribution in [1.29, 1.82) is 0 Å². The van der Waals surface area contributed by atoms with Gasteiger partial charge in [-0.05, 0) is 0 Å². The number of aliphatic hydroxyl groups excluding tert-OH is 4. The van der Waals surface area contributed by atoms with Gasteiger partial charge in [0.1, 0.15) is 24.4 Å². The first kappa shape index (κ1) is 12.0. The first-order chi connectivity index (χ1) is 5.91. The number of carbonyl (C=O) groups is 2. The molecule has 0 heterocycles. The average molecular weight is 193 g/mol. The summed E-state index contributed by atoms with van der Waals surface area (Å²) >= 11 is 0. The van der Waals surface area contributed by atoms with Crippen molar-refractivity contribution in [2.75, 3.05) is 0 Å². The van der Waals surface area contributed by atoms with Gasteiger partial charge in [0.05, 0.1) is 5.97 Å². The van der Waals surface area contributed by atoms with Gasteiger partial charge in [0.15, 0.2) is 6.29 Å². The van der Waals surface area contributed by atoms with Crippen molar-refractivity contribution in [2.45, 2.75) is 24.4 Å². The van der Waals surface area contributed by atoms with Crippen LogP contribution in [0, 0.1) is 0 Å². The number of rotatable bonds is 5. The van der Waals surface area contributed by atoms with E-state index in [-0.39, 0.29) is 6.29 Å². The molecule has 0 aromatic carbocycles. The van der Waals surface area contributed by atoms with Gasteiger partial charge in [0.25, 0.3) is 0 Å². The van der Waals surface area contributed by atoms with Crippen molar-refractivity contribution in [3.8, 4) is 0 Å². The Balaban J connectivity index is 4.32. The summed E-state index contributed by atoms with van der Waals surface area (Å²) in [5.74, 6) is -2.01. The fourth-order valence-corrected chi connectivity index (χ4v) is 0.609. The van der Waals surface area contributed by atoms with Crippen LogP contribution >= 0.6 is 0 Å². The van der Waals surface area contributed by atoms with Crippen LogP contribution in [0.5, 0.6) is 0 Å². The number of carboxylic acids is 1. The normalized spacial score (nSPS) is 20.0. The summed E-state index contributed by atoms with van der Waals surface area (Å²) in [4.78, 5) is 19.8. The SMILES string of the molecule is O=C[C@H](O)[C@@H](O)[C@H](O)[C@@H](O)C(=O)[O-]. The maximum atomic E-state index is 9.95. The third-order valence-corrected chi connectivity index (χ3v) is 1.40. The molecule has 0 aliphatic rings. The van der Waals surface area contributed by atoms with Crippen LogP contribution in [-0.4, -0.2) is 57.1 Å². The number of carboxylic acid groups (broad SMARTS) is 1. The Morgan fingerprint density at radius 2 is 1.62 bits per heavy atom. The number of hydrogen-bond acceptors (Lipinski definition) is 7. The fraction of sp³-hybridized carbons (Fsp3) is 0.667. The molecule has 0 bridgehead atoms. The van der Waals surface area contributed by atoms with E-state index in [4.69, 9.17) is 20.4 Å².